The van der Waals surface area contributed by atoms with Crippen molar-refractivity contribution >= 4 is 0 Å². The van der Waals surface area contributed by atoms with E-state index in [1.807, 2.05) is 6.20 Å². The predicted octanol–water partition coefficient (Wildman–Crippen LogP) is 1.70. The van der Waals surface area contributed by atoms with Crippen LogP contribution in [0.1, 0.15) is 31.2 Å². The lowest BCUT2D eigenvalue weighted by Gasteiger charge is -2.25. The van der Waals surface area contributed by atoms with Gasteiger partial charge in [-0.25, -0.2) is 0 Å². The molecule has 1 aliphatic carbocycles. The van der Waals surface area contributed by atoms with Gasteiger partial charge < -0.3 is 15.4 Å². The van der Waals surface area contributed by atoms with Crippen LogP contribution in [0, 0.1) is 5.92 Å². The first-order valence-corrected chi connectivity index (χ1v) is 6.35. The van der Waals surface area contributed by atoms with Crippen LogP contribution in [-0.2, 0) is 6.42 Å². The SMILES string of the molecule is OC1CCC(CNCCc2cc[nH]c2)CC1. The zero-order chi connectivity index (χ0) is 11.2. The van der Waals surface area contributed by atoms with Crippen molar-refractivity contribution in [2.45, 2.75) is 38.2 Å². The van der Waals surface area contributed by atoms with Gasteiger partial charge in [0.1, 0.15) is 0 Å². The second-order valence-corrected chi connectivity index (χ2v) is 4.85. The maximum absolute atomic E-state index is 9.40. The Morgan fingerprint density at radius 3 is 2.81 bits per heavy atom. The Labute approximate surface area is 97.3 Å². The summed E-state index contributed by atoms with van der Waals surface area (Å²) in [6.07, 6.45) is 9.43. The van der Waals surface area contributed by atoms with Crippen molar-refractivity contribution in [3.63, 3.8) is 0 Å². The molecule has 0 atom stereocenters. The monoisotopic (exact) mass is 222 g/mol. The van der Waals surface area contributed by atoms with Gasteiger partial charge in [0.15, 0.2) is 0 Å². The molecule has 0 spiro atoms. The van der Waals surface area contributed by atoms with Gasteiger partial charge in [-0.2, -0.15) is 0 Å². The number of rotatable bonds is 5. The minimum absolute atomic E-state index is 0.0314. The molecule has 1 saturated carbocycles. The zero-order valence-corrected chi connectivity index (χ0v) is 9.78. The minimum atomic E-state index is -0.0314. The van der Waals surface area contributed by atoms with E-state index in [0.29, 0.717) is 0 Å². The highest BCUT2D eigenvalue weighted by molar-refractivity contribution is 5.08. The Hall–Kier alpha value is -0.800. The standard InChI is InChI=1S/C13H22N2O/c16-13-3-1-11(2-4-13)9-14-7-5-12-6-8-15-10-12/h6,8,10-11,13-16H,1-5,7,9H2. The van der Waals surface area contributed by atoms with Crippen molar-refractivity contribution in [2.75, 3.05) is 13.1 Å². The van der Waals surface area contributed by atoms with Gasteiger partial charge in [0, 0.05) is 12.4 Å². The second kappa shape index (κ2) is 6.06. The molecule has 0 unspecified atom stereocenters. The number of H-pyrrole nitrogens is 1. The van der Waals surface area contributed by atoms with Gasteiger partial charge in [0.2, 0.25) is 0 Å². The van der Waals surface area contributed by atoms with E-state index in [1.165, 1.54) is 18.4 Å². The van der Waals surface area contributed by atoms with E-state index in [-0.39, 0.29) is 6.10 Å². The summed E-state index contributed by atoms with van der Waals surface area (Å²) in [6, 6.07) is 2.12. The lowest BCUT2D eigenvalue weighted by molar-refractivity contribution is 0.108. The first-order chi connectivity index (χ1) is 7.84. The van der Waals surface area contributed by atoms with Crippen molar-refractivity contribution in [1.82, 2.24) is 10.3 Å². The van der Waals surface area contributed by atoms with E-state index in [0.717, 1.165) is 38.3 Å². The predicted molar refractivity (Wildman–Crippen MR) is 65.3 cm³/mol. The van der Waals surface area contributed by atoms with Gasteiger partial charge in [-0.1, -0.05) is 0 Å². The van der Waals surface area contributed by atoms with Gasteiger partial charge in [0.05, 0.1) is 6.10 Å². The van der Waals surface area contributed by atoms with Crippen LogP contribution >= 0.6 is 0 Å². The molecule has 0 aromatic carbocycles. The average Bonchev–Trinajstić information content (AvgIpc) is 2.80. The Bertz CT molecular complexity index is 276. The van der Waals surface area contributed by atoms with Crippen LogP contribution in [0.15, 0.2) is 18.5 Å². The highest BCUT2D eigenvalue weighted by Crippen LogP contribution is 2.23. The van der Waals surface area contributed by atoms with Crippen LogP contribution in [0.5, 0.6) is 0 Å². The molecule has 0 radical (unpaired) electrons. The Balaban J connectivity index is 1.55. The third-order valence-electron chi connectivity index (χ3n) is 3.50. The molecule has 1 aliphatic rings. The quantitative estimate of drug-likeness (QED) is 0.664. The summed E-state index contributed by atoms with van der Waals surface area (Å²) in [5.74, 6) is 0.773. The first-order valence-electron chi connectivity index (χ1n) is 6.35. The lowest BCUT2D eigenvalue weighted by Crippen LogP contribution is -2.29. The van der Waals surface area contributed by atoms with E-state index < -0.39 is 0 Å². The number of aromatic nitrogens is 1. The summed E-state index contributed by atoms with van der Waals surface area (Å²) in [6.45, 7) is 2.16. The van der Waals surface area contributed by atoms with E-state index >= 15 is 0 Å². The fourth-order valence-electron chi connectivity index (χ4n) is 2.40. The van der Waals surface area contributed by atoms with Gasteiger partial charge in [-0.15, -0.1) is 0 Å². The van der Waals surface area contributed by atoms with Crippen molar-refractivity contribution in [2.24, 2.45) is 5.92 Å². The molecule has 0 bridgehead atoms. The van der Waals surface area contributed by atoms with E-state index in [9.17, 15) is 5.11 Å². The molecule has 0 aliphatic heterocycles. The number of aliphatic hydroxyl groups excluding tert-OH is 1. The Kier molecular flexibility index (Phi) is 4.43. The fourth-order valence-corrected chi connectivity index (χ4v) is 2.40. The van der Waals surface area contributed by atoms with E-state index in [2.05, 4.69) is 22.6 Å². The van der Waals surface area contributed by atoms with Crippen LogP contribution in [0.2, 0.25) is 0 Å². The molecule has 1 fully saturated rings. The molecule has 3 nitrogen and oxygen atoms in total. The van der Waals surface area contributed by atoms with Crippen LogP contribution in [0.25, 0.3) is 0 Å². The van der Waals surface area contributed by atoms with Crippen molar-refractivity contribution < 1.29 is 5.11 Å². The summed E-state index contributed by atoms with van der Waals surface area (Å²) < 4.78 is 0. The maximum Gasteiger partial charge on any atom is 0.0540 e. The normalized spacial score (nSPS) is 25.8. The zero-order valence-electron chi connectivity index (χ0n) is 9.78. The molecule has 0 amide bonds. The lowest BCUT2D eigenvalue weighted by atomic mass is 9.87. The van der Waals surface area contributed by atoms with Crippen LogP contribution in [0.4, 0.5) is 0 Å². The Morgan fingerprint density at radius 2 is 2.12 bits per heavy atom. The molecular weight excluding hydrogens is 200 g/mol. The molecule has 90 valence electrons. The number of aromatic amines is 1. The fraction of sp³-hybridized carbons (Fsp3) is 0.692. The summed E-state index contributed by atoms with van der Waals surface area (Å²) in [5, 5.41) is 12.9. The molecule has 2 rings (SSSR count). The average molecular weight is 222 g/mol. The smallest absolute Gasteiger partial charge is 0.0540 e. The highest BCUT2D eigenvalue weighted by atomic mass is 16.3. The molecule has 16 heavy (non-hydrogen) atoms. The van der Waals surface area contributed by atoms with Gasteiger partial charge >= 0.3 is 0 Å². The van der Waals surface area contributed by atoms with Crippen molar-refractivity contribution in [3.05, 3.63) is 24.0 Å². The minimum Gasteiger partial charge on any atom is -0.393 e. The Morgan fingerprint density at radius 1 is 1.31 bits per heavy atom. The van der Waals surface area contributed by atoms with Gasteiger partial charge in [-0.3, -0.25) is 0 Å². The summed E-state index contributed by atoms with van der Waals surface area (Å²) >= 11 is 0. The molecule has 1 aromatic heterocycles. The third-order valence-corrected chi connectivity index (χ3v) is 3.50. The van der Waals surface area contributed by atoms with Crippen molar-refractivity contribution in [3.8, 4) is 0 Å². The number of aliphatic hydroxyl groups is 1. The molecular formula is C13H22N2O. The largest absolute Gasteiger partial charge is 0.393 e. The number of hydrogen-bond donors (Lipinski definition) is 3. The van der Waals surface area contributed by atoms with E-state index in [4.69, 9.17) is 0 Å². The summed E-state index contributed by atoms with van der Waals surface area (Å²) in [5.41, 5.74) is 1.37. The third kappa shape index (κ3) is 3.65. The molecule has 1 heterocycles. The van der Waals surface area contributed by atoms with Crippen molar-refractivity contribution in [1.29, 1.82) is 0 Å². The highest BCUT2D eigenvalue weighted by Gasteiger charge is 2.18. The molecule has 0 saturated heterocycles. The number of nitrogens with one attached hydrogen (secondary N) is 2. The topological polar surface area (TPSA) is 48.0 Å². The summed E-state index contributed by atoms with van der Waals surface area (Å²) in [7, 11) is 0. The first kappa shape index (κ1) is 11.7. The van der Waals surface area contributed by atoms with Gasteiger partial charge in [0.25, 0.3) is 0 Å². The number of hydrogen-bond acceptors (Lipinski definition) is 2. The van der Waals surface area contributed by atoms with Crippen LogP contribution < -0.4 is 5.32 Å². The summed E-state index contributed by atoms with van der Waals surface area (Å²) in [4.78, 5) is 3.07. The van der Waals surface area contributed by atoms with Gasteiger partial charge in [-0.05, 0) is 62.7 Å². The molecule has 3 N–H and O–H groups in total. The molecule has 3 heteroatoms. The maximum atomic E-state index is 9.40. The molecule has 1 aromatic rings. The van der Waals surface area contributed by atoms with Crippen LogP contribution in [0.3, 0.4) is 0 Å². The van der Waals surface area contributed by atoms with E-state index in [1.54, 1.807) is 0 Å². The van der Waals surface area contributed by atoms with Crippen LogP contribution in [-0.4, -0.2) is 29.3 Å². The second-order valence-electron chi connectivity index (χ2n) is 4.85.